The summed E-state index contributed by atoms with van der Waals surface area (Å²) in [6, 6.07) is 42.1. The molecular weight excluding hydrogens is 978 g/mol. The van der Waals surface area contributed by atoms with Crippen molar-refractivity contribution in [2.45, 2.75) is 58.9 Å². The molecule has 9 aromatic rings. The summed E-state index contributed by atoms with van der Waals surface area (Å²) < 4.78 is 3.46. The number of thiazole rings is 3. The summed E-state index contributed by atoms with van der Waals surface area (Å²) in [5, 5.41) is 37.2. The van der Waals surface area contributed by atoms with Gasteiger partial charge in [0, 0.05) is 39.0 Å². The minimum atomic E-state index is -1.39. The van der Waals surface area contributed by atoms with Crippen molar-refractivity contribution >= 4 is 104 Å². The van der Waals surface area contributed by atoms with Crippen molar-refractivity contribution in [1.29, 1.82) is 0 Å². The Balaban J connectivity index is 0.000000173. The van der Waals surface area contributed by atoms with Crippen LogP contribution in [-0.2, 0) is 39.0 Å². The molecule has 62 heavy (non-hydrogen) atoms. The van der Waals surface area contributed by atoms with Crippen molar-refractivity contribution in [2.75, 3.05) is 0 Å². The van der Waals surface area contributed by atoms with Gasteiger partial charge in [-0.3, -0.25) is 0 Å². The van der Waals surface area contributed by atoms with Crippen LogP contribution in [0.5, 0.6) is 17.2 Å². The number of benzene rings is 6. The molecule has 0 radical (unpaired) electrons. The third kappa shape index (κ3) is 11.5. The van der Waals surface area contributed by atoms with Crippen LogP contribution in [0.2, 0.25) is 58.9 Å². The van der Waals surface area contributed by atoms with E-state index in [2.05, 4.69) is 110 Å². The maximum absolute atomic E-state index is 10.2. The fraction of sp³-hybridized carbons (Fsp3) is 0.188. The molecule has 0 spiro atoms. The normalized spacial score (nSPS) is 11.6. The average molecular weight is 1030 g/mol. The molecule has 0 saturated carbocycles. The van der Waals surface area contributed by atoms with Gasteiger partial charge >= 0.3 is 0 Å². The number of fused-ring (bicyclic) bond motifs is 3. The van der Waals surface area contributed by atoms with E-state index in [9.17, 15) is 15.3 Å². The van der Waals surface area contributed by atoms with Gasteiger partial charge in [0.1, 0.15) is 32.3 Å². The minimum Gasteiger partial charge on any atom is -0.507 e. The summed E-state index contributed by atoms with van der Waals surface area (Å²) in [7, 11) is -4.18. The molecule has 3 heterocycles. The van der Waals surface area contributed by atoms with Crippen molar-refractivity contribution in [3.8, 4) is 49.0 Å². The molecule has 3 aromatic heterocycles. The van der Waals surface area contributed by atoms with E-state index < -0.39 is 24.2 Å². The maximum Gasteiger partial charge on any atom is 0.128 e. The van der Waals surface area contributed by atoms with E-state index in [4.69, 9.17) is 0 Å². The van der Waals surface area contributed by atoms with E-state index in [-0.39, 0.29) is 39.0 Å². The molecular formula is C48H51N3O3S3Si3Zn2. The van der Waals surface area contributed by atoms with Crippen molar-refractivity contribution in [1.82, 2.24) is 15.0 Å². The minimum absolute atomic E-state index is 0. The molecule has 0 atom stereocenters. The summed E-state index contributed by atoms with van der Waals surface area (Å²) in [5.74, 6) is 0.933. The molecule has 0 fully saturated rings. The first kappa shape index (κ1) is 49.3. The number of hydrogen-bond acceptors (Lipinski definition) is 9. The summed E-state index contributed by atoms with van der Waals surface area (Å²) >= 11 is 4.88. The van der Waals surface area contributed by atoms with E-state index in [0.717, 1.165) is 62.4 Å². The second-order valence-electron chi connectivity index (χ2n) is 17.9. The maximum atomic E-state index is 10.2. The molecule has 0 unspecified atom stereocenters. The van der Waals surface area contributed by atoms with Gasteiger partial charge in [0.25, 0.3) is 0 Å². The zero-order valence-electron chi connectivity index (χ0n) is 36.9. The molecule has 6 aromatic carbocycles. The Morgan fingerprint density at radius 1 is 0.355 bits per heavy atom. The summed E-state index contributed by atoms with van der Waals surface area (Å²) in [6.07, 6.45) is 0. The van der Waals surface area contributed by atoms with Crippen LogP contribution >= 0.6 is 34.0 Å². The monoisotopic (exact) mass is 1030 g/mol. The van der Waals surface area contributed by atoms with Gasteiger partial charge in [-0.25, -0.2) is 15.0 Å². The van der Waals surface area contributed by atoms with Crippen LogP contribution in [0, 0.1) is 0 Å². The first-order valence-corrected chi connectivity index (χ1v) is 32.9. The van der Waals surface area contributed by atoms with Gasteiger partial charge in [0.15, 0.2) is 0 Å². The van der Waals surface area contributed by atoms with Crippen LogP contribution in [0.4, 0.5) is 0 Å². The quantitative estimate of drug-likeness (QED) is 0.144. The van der Waals surface area contributed by atoms with Crippen LogP contribution in [0.3, 0.4) is 0 Å². The Hall–Kier alpha value is -3.71. The van der Waals surface area contributed by atoms with Crippen molar-refractivity contribution < 1.29 is 54.3 Å². The Bertz CT molecular complexity index is 2550. The topological polar surface area (TPSA) is 99.4 Å². The fourth-order valence-electron chi connectivity index (χ4n) is 6.48. The number of nitrogens with zero attached hydrogens (tertiary/aromatic N) is 3. The molecule has 310 valence electrons. The van der Waals surface area contributed by atoms with Crippen molar-refractivity contribution in [3.63, 3.8) is 0 Å². The summed E-state index contributed by atoms with van der Waals surface area (Å²) in [5.41, 5.74) is 5.53. The molecule has 9 rings (SSSR count). The van der Waals surface area contributed by atoms with Gasteiger partial charge in [-0.15, -0.1) is 34.0 Å². The number of rotatable bonds is 6. The van der Waals surface area contributed by atoms with Crippen LogP contribution in [0.1, 0.15) is 0 Å². The number of phenolic OH excluding ortho intramolecular Hbond substituents is 3. The SMILES string of the molecule is C[Si](C)(C)c1ccc(O)c(-c2nc3ccccc3s2)c1.C[Si](C)(C)c1ccc(O)c(-c2nc3ccccc3s2)c1.C[Si](C)(C)c1ccc(O)c(-c2nc3ccccc3s2)c1.[Zn].[Zn]. The summed E-state index contributed by atoms with van der Waals surface area (Å²) in [4.78, 5) is 13.9. The standard InChI is InChI=1S/3C16H17NOSSi.2Zn/c3*1-20(2,3)11-8-9-14(18)12(10-11)16-17-13-6-4-5-7-15(13)19-16;;/h3*4-10,18H,1-3H3;;. The predicted octanol–water partition coefficient (Wildman–Crippen LogP) is 12.6. The van der Waals surface area contributed by atoms with Crippen molar-refractivity contribution in [2.24, 2.45) is 0 Å². The molecule has 0 aliphatic carbocycles. The molecule has 0 amide bonds. The predicted molar refractivity (Wildman–Crippen MR) is 269 cm³/mol. The fourth-order valence-corrected chi connectivity index (χ4v) is 12.9. The average Bonchev–Trinajstić information content (AvgIpc) is 3.94. The van der Waals surface area contributed by atoms with E-state index in [1.807, 2.05) is 72.8 Å². The first-order valence-electron chi connectivity index (χ1n) is 19.9. The number of aromatic nitrogens is 3. The molecule has 0 bridgehead atoms. The van der Waals surface area contributed by atoms with Gasteiger partial charge < -0.3 is 15.3 Å². The van der Waals surface area contributed by atoms with Crippen LogP contribution in [-0.4, -0.2) is 54.5 Å². The van der Waals surface area contributed by atoms with E-state index in [1.165, 1.54) is 15.6 Å². The van der Waals surface area contributed by atoms with Gasteiger partial charge in [0.2, 0.25) is 0 Å². The van der Waals surface area contributed by atoms with Gasteiger partial charge in [-0.05, 0) is 72.8 Å². The Morgan fingerprint density at radius 2 is 0.597 bits per heavy atom. The first-order chi connectivity index (χ1) is 28.3. The van der Waals surface area contributed by atoms with E-state index in [1.54, 1.807) is 52.2 Å². The zero-order chi connectivity index (χ0) is 43.0. The number of para-hydroxylation sites is 3. The van der Waals surface area contributed by atoms with E-state index in [0.29, 0.717) is 17.2 Å². The molecule has 6 nitrogen and oxygen atoms in total. The molecule has 0 aliphatic heterocycles. The summed E-state index contributed by atoms with van der Waals surface area (Å²) in [6.45, 7) is 20.8. The Kier molecular flexibility index (Phi) is 15.9. The second kappa shape index (κ2) is 20.0. The molecule has 14 heteroatoms. The molecule has 3 N–H and O–H groups in total. The van der Waals surface area contributed by atoms with Crippen LogP contribution in [0.25, 0.3) is 62.4 Å². The van der Waals surface area contributed by atoms with Gasteiger partial charge in [0.05, 0.1) is 71.6 Å². The Labute approximate surface area is 405 Å². The zero-order valence-corrected chi connectivity index (χ0v) is 48.3. The smallest absolute Gasteiger partial charge is 0.128 e. The van der Waals surface area contributed by atoms with Gasteiger partial charge in [-0.1, -0.05) is 129 Å². The second-order valence-corrected chi connectivity index (χ2v) is 36.2. The number of phenols is 3. The van der Waals surface area contributed by atoms with Crippen LogP contribution < -0.4 is 15.6 Å². The number of hydrogen-bond donors (Lipinski definition) is 3. The van der Waals surface area contributed by atoms with Crippen LogP contribution in [0.15, 0.2) is 127 Å². The van der Waals surface area contributed by atoms with Gasteiger partial charge in [-0.2, -0.15) is 0 Å². The Morgan fingerprint density at radius 3 is 0.823 bits per heavy atom. The van der Waals surface area contributed by atoms with Crippen molar-refractivity contribution in [3.05, 3.63) is 127 Å². The largest absolute Gasteiger partial charge is 0.507 e. The number of aromatic hydroxyl groups is 3. The molecule has 0 saturated heterocycles. The third-order valence-electron chi connectivity index (χ3n) is 10.2. The third-order valence-corrected chi connectivity index (χ3v) is 19.5. The van der Waals surface area contributed by atoms with E-state index >= 15 is 0 Å². The molecule has 0 aliphatic rings.